The monoisotopic (exact) mass is 375 g/mol. The van der Waals surface area contributed by atoms with Crippen molar-refractivity contribution < 1.29 is 18.8 Å². The number of imide groups is 1. The van der Waals surface area contributed by atoms with Crippen molar-refractivity contribution in [3.8, 4) is 0 Å². The van der Waals surface area contributed by atoms with Crippen molar-refractivity contribution in [2.24, 2.45) is 0 Å². The van der Waals surface area contributed by atoms with Gasteiger partial charge in [-0.1, -0.05) is 48.0 Å². The van der Waals surface area contributed by atoms with Crippen LogP contribution in [0, 0.1) is 5.82 Å². The Morgan fingerprint density at radius 2 is 1.88 bits per heavy atom. The molecule has 1 saturated heterocycles. The molecule has 1 aliphatic rings. The Hall–Kier alpha value is -2.93. The number of anilines is 1. The van der Waals surface area contributed by atoms with Crippen molar-refractivity contribution >= 4 is 35.1 Å². The first-order chi connectivity index (χ1) is 12.3. The van der Waals surface area contributed by atoms with Crippen molar-refractivity contribution in [2.75, 3.05) is 11.9 Å². The highest BCUT2D eigenvalue weighted by atomic mass is 35.5. The topological polar surface area (TPSA) is 78.5 Å². The van der Waals surface area contributed by atoms with E-state index < -0.39 is 35.7 Å². The van der Waals surface area contributed by atoms with Crippen LogP contribution in [0.3, 0.4) is 0 Å². The van der Waals surface area contributed by atoms with Crippen LogP contribution in [0.4, 0.5) is 14.9 Å². The molecule has 2 aromatic rings. The highest BCUT2D eigenvalue weighted by Gasteiger charge is 2.49. The molecule has 4 amide bonds. The van der Waals surface area contributed by atoms with Gasteiger partial charge in [0.25, 0.3) is 5.91 Å². The highest BCUT2D eigenvalue weighted by Crippen LogP contribution is 2.28. The number of nitrogens with one attached hydrogen (secondary N) is 2. The predicted molar refractivity (Wildman–Crippen MR) is 94.1 cm³/mol. The Morgan fingerprint density at radius 3 is 2.58 bits per heavy atom. The minimum atomic E-state index is -1.26. The molecule has 26 heavy (non-hydrogen) atoms. The van der Waals surface area contributed by atoms with Gasteiger partial charge in [0.05, 0.1) is 10.7 Å². The molecule has 6 nitrogen and oxygen atoms in total. The van der Waals surface area contributed by atoms with Gasteiger partial charge in [-0.15, -0.1) is 0 Å². The lowest BCUT2D eigenvalue weighted by molar-refractivity contribution is -0.133. The number of amides is 4. The normalized spacial score (nSPS) is 19.4. The maximum atomic E-state index is 13.9. The van der Waals surface area contributed by atoms with Crippen LogP contribution in [0.5, 0.6) is 0 Å². The summed E-state index contributed by atoms with van der Waals surface area (Å²) >= 11 is 5.66. The van der Waals surface area contributed by atoms with Crippen LogP contribution in [0.1, 0.15) is 12.5 Å². The zero-order chi connectivity index (χ0) is 18.9. The fourth-order valence-corrected chi connectivity index (χ4v) is 2.92. The first kappa shape index (κ1) is 17.9. The fraction of sp³-hybridized carbons (Fsp3) is 0.167. The fourth-order valence-electron chi connectivity index (χ4n) is 2.74. The van der Waals surface area contributed by atoms with Gasteiger partial charge in [-0.25, -0.2) is 9.18 Å². The smallest absolute Gasteiger partial charge is 0.322 e. The summed E-state index contributed by atoms with van der Waals surface area (Å²) in [6.07, 6.45) is 0. The number of urea groups is 1. The molecule has 1 atom stereocenters. The van der Waals surface area contributed by atoms with E-state index in [9.17, 15) is 18.8 Å². The van der Waals surface area contributed by atoms with Gasteiger partial charge in [0.1, 0.15) is 12.1 Å². The Morgan fingerprint density at radius 1 is 1.19 bits per heavy atom. The second-order valence-corrected chi connectivity index (χ2v) is 6.37. The SMILES string of the molecule is CC1(c2ccccc2)NC(=O)N(CC(=O)Nc2cccc(Cl)c2F)C1=O. The summed E-state index contributed by atoms with van der Waals surface area (Å²) in [5.74, 6) is -2.06. The zero-order valence-electron chi connectivity index (χ0n) is 13.8. The van der Waals surface area contributed by atoms with E-state index in [2.05, 4.69) is 10.6 Å². The minimum absolute atomic E-state index is 0.125. The second kappa shape index (κ2) is 6.76. The van der Waals surface area contributed by atoms with Crippen molar-refractivity contribution in [1.82, 2.24) is 10.2 Å². The van der Waals surface area contributed by atoms with Crippen molar-refractivity contribution in [1.29, 1.82) is 0 Å². The van der Waals surface area contributed by atoms with E-state index in [-0.39, 0.29) is 10.7 Å². The molecule has 8 heteroatoms. The third-order valence-electron chi connectivity index (χ3n) is 4.15. The van der Waals surface area contributed by atoms with Crippen molar-refractivity contribution in [2.45, 2.75) is 12.5 Å². The Labute approximate surface area is 153 Å². The standard InChI is InChI=1S/C18H15ClFN3O3/c1-18(11-6-3-2-4-7-11)16(25)23(17(26)22-18)10-14(24)21-13-9-5-8-12(19)15(13)20/h2-9H,10H2,1H3,(H,21,24)(H,22,26). The average molecular weight is 376 g/mol. The first-order valence-corrected chi connectivity index (χ1v) is 8.14. The zero-order valence-corrected chi connectivity index (χ0v) is 14.5. The number of carbonyl (C=O) groups excluding carboxylic acids is 3. The van der Waals surface area contributed by atoms with E-state index in [4.69, 9.17) is 11.6 Å². The number of nitrogens with zero attached hydrogens (tertiary/aromatic N) is 1. The molecule has 2 aromatic carbocycles. The molecule has 0 spiro atoms. The van der Waals surface area contributed by atoms with Gasteiger partial charge in [-0.05, 0) is 24.6 Å². The van der Waals surface area contributed by atoms with Crippen LogP contribution >= 0.6 is 11.6 Å². The molecule has 0 aliphatic carbocycles. The molecule has 1 unspecified atom stereocenters. The van der Waals surface area contributed by atoms with E-state index in [0.717, 1.165) is 4.90 Å². The van der Waals surface area contributed by atoms with Gasteiger partial charge < -0.3 is 10.6 Å². The maximum Gasteiger partial charge on any atom is 0.325 e. The molecular formula is C18H15ClFN3O3. The molecule has 0 bridgehead atoms. The third-order valence-corrected chi connectivity index (χ3v) is 4.45. The van der Waals surface area contributed by atoms with Gasteiger partial charge in [0.15, 0.2) is 5.82 Å². The number of halogens is 2. The van der Waals surface area contributed by atoms with E-state index in [1.165, 1.54) is 18.2 Å². The largest absolute Gasteiger partial charge is 0.325 e. The molecule has 2 N–H and O–H groups in total. The summed E-state index contributed by atoms with van der Waals surface area (Å²) < 4.78 is 13.9. The molecule has 1 heterocycles. The highest BCUT2D eigenvalue weighted by molar-refractivity contribution is 6.31. The summed E-state index contributed by atoms with van der Waals surface area (Å²) in [7, 11) is 0. The number of rotatable bonds is 4. The van der Waals surface area contributed by atoms with Crippen LogP contribution in [-0.4, -0.2) is 29.3 Å². The minimum Gasteiger partial charge on any atom is -0.322 e. The van der Waals surface area contributed by atoms with Crippen LogP contribution in [0.25, 0.3) is 0 Å². The third kappa shape index (κ3) is 3.13. The summed E-state index contributed by atoms with van der Waals surface area (Å²) in [5, 5.41) is 4.77. The van der Waals surface area contributed by atoms with Crippen molar-refractivity contribution in [3.63, 3.8) is 0 Å². The molecular weight excluding hydrogens is 361 g/mol. The molecule has 1 aliphatic heterocycles. The number of hydrogen-bond donors (Lipinski definition) is 2. The molecule has 0 aromatic heterocycles. The molecule has 0 saturated carbocycles. The average Bonchev–Trinajstić information content (AvgIpc) is 2.84. The lowest BCUT2D eigenvalue weighted by Crippen LogP contribution is -2.42. The van der Waals surface area contributed by atoms with E-state index in [1.807, 2.05) is 0 Å². The van der Waals surface area contributed by atoms with Crippen LogP contribution in [-0.2, 0) is 15.1 Å². The van der Waals surface area contributed by atoms with Gasteiger partial charge in [-0.2, -0.15) is 0 Å². The van der Waals surface area contributed by atoms with Crippen LogP contribution in [0.2, 0.25) is 5.02 Å². The maximum absolute atomic E-state index is 13.9. The predicted octanol–water partition coefficient (Wildman–Crippen LogP) is 2.88. The van der Waals surface area contributed by atoms with E-state index in [0.29, 0.717) is 5.56 Å². The first-order valence-electron chi connectivity index (χ1n) is 7.76. The lowest BCUT2D eigenvalue weighted by atomic mass is 9.92. The number of benzene rings is 2. The Balaban J connectivity index is 1.76. The van der Waals surface area contributed by atoms with E-state index in [1.54, 1.807) is 37.3 Å². The second-order valence-electron chi connectivity index (χ2n) is 5.96. The van der Waals surface area contributed by atoms with Gasteiger partial charge in [-0.3, -0.25) is 14.5 Å². The molecule has 1 fully saturated rings. The van der Waals surface area contributed by atoms with Gasteiger partial charge >= 0.3 is 6.03 Å². The molecule has 134 valence electrons. The van der Waals surface area contributed by atoms with E-state index >= 15 is 0 Å². The number of hydrogen-bond acceptors (Lipinski definition) is 3. The molecule has 3 rings (SSSR count). The summed E-state index contributed by atoms with van der Waals surface area (Å²) in [6, 6.07) is 12.2. The van der Waals surface area contributed by atoms with Gasteiger partial charge in [0.2, 0.25) is 5.91 Å². The molecule has 0 radical (unpaired) electrons. The lowest BCUT2D eigenvalue weighted by Gasteiger charge is -2.22. The van der Waals surface area contributed by atoms with Crippen LogP contribution < -0.4 is 10.6 Å². The summed E-state index contributed by atoms with van der Waals surface area (Å²) in [6.45, 7) is 1.02. The number of carbonyl (C=O) groups is 3. The van der Waals surface area contributed by atoms with Gasteiger partial charge in [0, 0.05) is 0 Å². The Bertz CT molecular complexity index is 891. The quantitative estimate of drug-likeness (QED) is 0.806. The summed E-state index contributed by atoms with van der Waals surface area (Å²) in [4.78, 5) is 37.9. The Kier molecular flexibility index (Phi) is 4.65. The van der Waals surface area contributed by atoms with Crippen molar-refractivity contribution in [3.05, 3.63) is 64.9 Å². The summed E-state index contributed by atoms with van der Waals surface area (Å²) in [5.41, 5.74) is -0.789. The van der Waals surface area contributed by atoms with Crippen LogP contribution in [0.15, 0.2) is 48.5 Å².